The molecule has 30 heavy (non-hydrogen) atoms. The molecule has 2 aromatic heterocycles. The highest BCUT2D eigenvalue weighted by molar-refractivity contribution is 6.11. The maximum Gasteiger partial charge on any atom is 0.333 e. The van der Waals surface area contributed by atoms with Crippen molar-refractivity contribution in [3.63, 3.8) is 0 Å². The molecule has 7 nitrogen and oxygen atoms in total. The largest absolute Gasteiger partial charge is 0.344 e. The van der Waals surface area contributed by atoms with Crippen molar-refractivity contribution in [2.24, 2.45) is 7.05 Å². The topological polar surface area (TPSA) is 88.9 Å². The van der Waals surface area contributed by atoms with Crippen LogP contribution in [0.25, 0.3) is 16.7 Å². The summed E-state index contributed by atoms with van der Waals surface area (Å²) in [5.74, 6) is -1.59. The number of aromatic amines is 1. The summed E-state index contributed by atoms with van der Waals surface area (Å²) in [7, 11) is 1.55. The number of halogens is 2. The molecule has 0 aliphatic carbocycles. The highest BCUT2D eigenvalue weighted by Crippen LogP contribution is 2.19. The standard InChI is InChI=1S/C21H16F2N4O3/c1-11-3-6-13(9-16(11)23)24-19(28)15-10-26(2)18-17(15)25-21(30)27(20(18)29)14-7-4-12(22)5-8-14/h3-10H,1-2H3,(H,24,28)(H,25,30). The molecule has 0 bridgehead atoms. The van der Waals surface area contributed by atoms with Crippen LogP contribution in [0.4, 0.5) is 14.5 Å². The molecule has 0 aliphatic rings. The average Bonchev–Trinajstić information content (AvgIpc) is 3.02. The number of benzene rings is 2. The molecule has 0 radical (unpaired) electrons. The van der Waals surface area contributed by atoms with E-state index in [-0.39, 0.29) is 28.0 Å². The Labute approximate surface area is 168 Å². The lowest BCUT2D eigenvalue weighted by Gasteiger charge is -2.07. The number of amides is 1. The third-order valence-electron chi connectivity index (χ3n) is 4.78. The predicted octanol–water partition coefficient (Wildman–Crippen LogP) is 2.86. The minimum Gasteiger partial charge on any atom is -0.344 e. The van der Waals surface area contributed by atoms with E-state index in [0.29, 0.717) is 5.56 Å². The first kappa shape index (κ1) is 19.3. The lowest BCUT2D eigenvalue weighted by molar-refractivity contribution is 0.102. The summed E-state index contributed by atoms with van der Waals surface area (Å²) in [5.41, 5.74) is -0.397. The molecular formula is C21H16F2N4O3. The Hall–Kier alpha value is -4.01. The monoisotopic (exact) mass is 410 g/mol. The number of fused-ring (bicyclic) bond motifs is 1. The molecule has 0 spiro atoms. The predicted molar refractivity (Wildman–Crippen MR) is 108 cm³/mol. The van der Waals surface area contributed by atoms with Gasteiger partial charge in [-0.2, -0.15) is 0 Å². The van der Waals surface area contributed by atoms with Gasteiger partial charge >= 0.3 is 5.69 Å². The van der Waals surface area contributed by atoms with Gasteiger partial charge < -0.3 is 14.9 Å². The molecule has 2 heterocycles. The van der Waals surface area contributed by atoms with Crippen LogP contribution in [0.15, 0.2) is 58.3 Å². The van der Waals surface area contributed by atoms with E-state index in [0.717, 1.165) is 16.7 Å². The first-order chi connectivity index (χ1) is 14.3. The number of nitrogens with one attached hydrogen (secondary N) is 2. The quantitative estimate of drug-likeness (QED) is 0.544. The van der Waals surface area contributed by atoms with E-state index in [1.807, 2.05) is 0 Å². The molecule has 0 aliphatic heterocycles. The van der Waals surface area contributed by atoms with E-state index in [9.17, 15) is 23.2 Å². The van der Waals surface area contributed by atoms with Crippen LogP contribution in [0.5, 0.6) is 0 Å². The Bertz CT molecular complexity index is 1420. The fourth-order valence-electron chi connectivity index (χ4n) is 3.24. The smallest absolute Gasteiger partial charge is 0.333 e. The van der Waals surface area contributed by atoms with Crippen molar-refractivity contribution in [2.45, 2.75) is 6.92 Å². The summed E-state index contributed by atoms with van der Waals surface area (Å²) in [6.45, 7) is 1.60. The normalized spacial score (nSPS) is 11.1. The fourth-order valence-corrected chi connectivity index (χ4v) is 3.24. The lowest BCUT2D eigenvalue weighted by Crippen LogP contribution is -2.34. The molecule has 152 valence electrons. The van der Waals surface area contributed by atoms with E-state index >= 15 is 0 Å². The van der Waals surface area contributed by atoms with Crippen molar-refractivity contribution in [3.05, 3.63) is 92.3 Å². The van der Waals surface area contributed by atoms with E-state index in [4.69, 9.17) is 0 Å². The SMILES string of the molecule is Cc1ccc(NC(=O)c2cn(C)c3c(=O)n(-c4ccc(F)cc4)c(=O)[nH]c23)cc1F. The number of aryl methyl sites for hydroxylation is 2. The Balaban J connectivity index is 1.82. The molecule has 0 fully saturated rings. The summed E-state index contributed by atoms with van der Waals surface area (Å²) in [4.78, 5) is 40.8. The number of hydrogen-bond donors (Lipinski definition) is 2. The van der Waals surface area contributed by atoms with E-state index in [1.165, 1.54) is 35.0 Å². The second-order valence-electron chi connectivity index (χ2n) is 6.84. The second kappa shape index (κ2) is 7.11. The number of carbonyl (C=O) groups excluding carboxylic acids is 1. The van der Waals surface area contributed by atoms with E-state index in [1.54, 1.807) is 20.0 Å². The number of aromatic nitrogens is 3. The fraction of sp³-hybridized carbons (Fsp3) is 0.0952. The molecule has 0 saturated carbocycles. The van der Waals surface area contributed by atoms with Crippen molar-refractivity contribution in [1.82, 2.24) is 14.1 Å². The molecule has 2 aromatic carbocycles. The van der Waals surface area contributed by atoms with Gasteiger partial charge in [0.15, 0.2) is 0 Å². The molecule has 4 rings (SSSR count). The highest BCUT2D eigenvalue weighted by atomic mass is 19.1. The van der Waals surface area contributed by atoms with Gasteiger partial charge in [0.25, 0.3) is 11.5 Å². The minimum absolute atomic E-state index is 0.0499. The van der Waals surface area contributed by atoms with E-state index < -0.39 is 28.8 Å². The zero-order chi connectivity index (χ0) is 21.6. The van der Waals surface area contributed by atoms with Crippen LogP contribution in [-0.4, -0.2) is 20.0 Å². The zero-order valence-corrected chi connectivity index (χ0v) is 16.0. The summed E-state index contributed by atoms with van der Waals surface area (Å²) < 4.78 is 29.2. The van der Waals surface area contributed by atoms with Gasteiger partial charge in [0.2, 0.25) is 0 Å². The Kier molecular flexibility index (Phi) is 4.57. The zero-order valence-electron chi connectivity index (χ0n) is 16.0. The van der Waals surface area contributed by atoms with Gasteiger partial charge in [0, 0.05) is 18.9 Å². The number of nitrogens with zero attached hydrogens (tertiary/aromatic N) is 2. The number of anilines is 1. The van der Waals surface area contributed by atoms with Crippen LogP contribution in [0.3, 0.4) is 0 Å². The Morgan fingerprint density at radius 3 is 2.43 bits per heavy atom. The molecule has 0 atom stereocenters. The number of carbonyl (C=O) groups is 1. The van der Waals surface area contributed by atoms with Crippen LogP contribution >= 0.6 is 0 Å². The van der Waals surface area contributed by atoms with Crippen LogP contribution < -0.4 is 16.6 Å². The summed E-state index contributed by atoms with van der Waals surface area (Å²) >= 11 is 0. The molecule has 9 heteroatoms. The van der Waals surface area contributed by atoms with Gasteiger partial charge in [-0.05, 0) is 48.9 Å². The van der Waals surface area contributed by atoms with Crippen LogP contribution in [0.1, 0.15) is 15.9 Å². The second-order valence-corrected chi connectivity index (χ2v) is 6.84. The third-order valence-corrected chi connectivity index (χ3v) is 4.78. The number of H-pyrrole nitrogens is 1. The van der Waals surface area contributed by atoms with Crippen LogP contribution in [0.2, 0.25) is 0 Å². The van der Waals surface area contributed by atoms with Crippen molar-refractivity contribution in [2.75, 3.05) is 5.32 Å². The van der Waals surface area contributed by atoms with Gasteiger partial charge in [-0.3, -0.25) is 9.59 Å². The first-order valence-corrected chi connectivity index (χ1v) is 8.94. The van der Waals surface area contributed by atoms with Gasteiger partial charge in [0.1, 0.15) is 17.2 Å². The summed E-state index contributed by atoms with van der Waals surface area (Å²) in [6, 6.07) is 9.14. The number of hydrogen-bond acceptors (Lipinski definition) is 3. The molecule has 0 unspecified atom stereocenters. The Morgan fingerprint density at radius 1 is 1.07 bits per heavy atom. The number of rotatable bonds is 3. The Morgan fingerprint density at radius 2 is 1.77 bits per heavy atom. The first-order valence-electron chi connectivity index (χ1n) is 8.94. The molecule has 4 aromatic rings. The molecule has 0 saturated heterocycles. The third kappa shape index (κ3) is 3.20. The van der Waals surface area contributed by atoms with Gasteiger partial charge in [0.05, 0.1) is 16.8 Å². The van der Waals surface area contributed by atoms with Crippen molar-refractivity contribution in [3.8, 4) is 5.69 Å². The lowest BCUT2D eigenvalue weighted by atomic mass is 10.2. The van der Waals surface area contributed by atoms with Crippen LogP contribution in [-0.2, 0) is 7.05 Å². The van der Waals surface area contributed by atoms with Gasteiger partial charge in [-0.1, -0.05) is 6.07 Å². The summed E-state index contributed by atoms with van der Waals surface area (Å²) in [5, 5.41) is 2.56. The molecular weight excluding hydrogens is 394 g/mol. The average molecular weight is 410 g/mol. The molecule has 2 N–H and O–H groups in total. The van der Waals surface area contributed by atoms with Crippen molar-refractivity contribution in [1.29, 1.82) is 0 Å². The van der Waals surface area contributed by atoms with Gasteiger partial charge in [-0.15, -0.1) is 0 Å². The maximum atomic E-state index is 13.8. The highest BCUT2D eigenvalue weighted by Gasteiger charge is 2.20. The minimum atomic E-state index is -0.777. The van der Waals surface area contributed by atoms with Gasteiger partial charge in [-0.25, -0.2) is 18.1 Å². The van der Waals surface area contributed by atoms with Crippen molar-refractivity contribution < 1.29 is 13.6 Å². The van der Waals surface area contributed by atoms with Crippen molar-refractivity contribution >= 4 is 22.6 Å². The summed E-state index contributed by atoms with van der Waals surface area (Å²) in [6.07, 6.45) is 1.40. The van der Waals surface area contributed by atoms with Crippen LogP contribution in [0, 0.1) is 18.6 Å². The van der Waals surface area contributed by atoms with E-state index in [2.05, 4.69) is 10.3 Å². The molecule has 1 amide bonds. The maximum absolute atomic E-state index is 13.8.